The largest absolute Gasteiger partial charge is 0.469 e. The quantitative estimate of drug-likeness (QED) is 0.846. The maximum absolute atomic E-state index is 12.5. The molecule has 3 heterocycles. The number of carbonyl (C=O) groups excluding carboxylic acids is 1. The first kappa shape index (κ1) is 14.9. The molecule has 1 saturated heterocycles. The highest BCUT2D eigenvalue weighted by Gasteiger charge is 2.27. The molecule has 0 aliphatic carbocycles. The van der Waals surface area contributed by atoms with E-state index >= 15 is 0 Å². The van der Waals surface area contributed by atoms with Crippen LogP contribution in [0.1, 0.15) is 24.5 Å². The van der Waals surface area contributed by atoms with Crippen LogP contribution < -0.4 is 4.90 Å². The van der Waals surface area contributed by atoms with Gasteiger partial charge in [0.2, 0.25) is 0 Å². The van der Waals surface area contributed by atoms with Crippen LogP contribution in [0, 0.1) is 0 Å². The van der Waals surface area contributed by atoms with Crippen molar-refractivity contribution >= 4 is 23.4 Å². The number of halogens is 1. The molecule has 0 aromatic carbocycles. The third-order valence-electron chi connectivity index (χ3n) is 4.05. The summed E-state index contributed by atoms with van der Waals surface area (Å²) in [5, 5.41) is 0.571. The summed E-state index contributed by atoms with van der Waals surface area (Å²) in [5.41, 5.74) is 0. The Bertz CT molecular complexity index is 637. The molecule has 0 bridgehead atoms. The lowest BCUT2D eigenvalue weighted by atomic mass is 9.94. The standard InChI is InChI=1S/C16H18ClN3O2/c1-19(15-11-13(17)4-7-18-15)16(21)20-8-5-12(6-9-20)14-3-2-10-22-14/h2-4,7,10-12H,5-6,8-9H2,1H3. The van der Waals surface area contributed by atoms with Crippen LogP contribution in [-0.2, 0) is 0 Å². The molecule has 1 aliphatic rings. The molecule has 0 spiro atoms. The van der Waals surface area contributed by atoms with Crippen molar-refractivity contribution in [2.45, 2.75) is 18.8 Å². The number of hydrogen-bond acceptors (Lipinski definition) is 3. The number of nitrogens with zero attached hydrogens (tertiary/aromatic N) is 3. The van der Waals surface area contributed by atoms with Crippen LogP contribution >= 0.6 is 11.6 Å². The van der Waals surface area contributed by atoms with Gasteiger partial charge >= 0.3 is 6.03 Å². The lowest BCUT2D eigenvalue weighted by Gasteiger charge is -2.33. The van der Waals surface area contributed by atoms with Gasteiger partial charge in [-0.15, -0.1) is 0 Å². The number of aromatic nitrogens is 1. The van der Waals surface area contributed by atoms with Crippen molar-refractivity contribution in [3.05, 3.63) is 47.5 Å². The maximum Gasteiger partial charge on any atom is 0.325 e. The summed E-state index contributed by atoms with van der Waals surface area (Å²) in [6, 6.07) is 7.25. The number of carbonyl (C=O) groups is 1. The van der Waals surface area contributed by atoms with Gasteiger partial charge in [0.25, 0.3) is 0 Å². The highest BCUT2D eigenvalue weighted by atomic mass is 35.5. The van der Waals surface area contributed by atoms with Gasteiger partial charge in [0.15, 0.2) is 0 Å². The number of hydrogen-bond donors (Lipinski definition) is 0. The zero-order valence-corrected chi connectivity index (χ0v) is 13.2. The maximum atomic E-state index is 12.5. The minimum Gasteiger partial charge on any atom is -0.469 e. The van der Waals surface area contributed by atoms with Crippen LogP contribution in [0.2, 0.25) is 5.02 Å². The molecule has 5 nitrogen and oxygen atoms in total. The molecule has 2 aromatic heterocycles. The molecule has 0 unspecified atom stereocenters. The summed E-state index contributed by atoms with van der Waals surface area (Å²) in [5.74, 6) is 1.97. The van der Waals surface area contributed by atoms with Gasteiger partial charge in [-0.05, 0) is 37.1 Å². The zero-order valence-electron chi connectivity index (χ0n) is 12.4. The fraction of sp³-hybridized carbons (Fsp3) is 0.375. The van der Waals surface area contributed by atoms with Crippen LogP contribution in [0.3, 0.4) is 0 Å². The minimum atomic E-state index is -0.0485. The summed E-state index contributed by atoms with van der Waals surface area (Å²) in [6.07, 6.45) is 5.13. The number of urea groups is 1. The van der Waals surface area contributed by atoms with Crippen molar-refractivity contribution in [1.29, 1.82) is 0 Å². The van der Waals surface area contributed by atoms with E-state index in [-0.39, 0.29) is 6.03 Å². The van der Waals surface area contributed by atoms with E-state index in [9.17, 15) is 4.79 Å². The van der Waals surface area contributed by atoms with Crippen LogP contribution in [0.25, 0.3) is 0 Å². The third-order valence-corrected chi connectivity index (χ3v) is 4.28. The molecule has 6 heteroatoms. The molecule has 116 valence electrons. The minimum absolute atomic E-state index is 0.0485. The molecular weight excluding hydrogens is 302 g/mol. The van der Waals surface area contributed by atoms with Crippen LogP contribution in [0.4, 0.5) is 10.6 Å². The van der Waals surface area contributed by atoms with Crippen molar-refractivity contribution in [1.82, 2.24) is 9.88 Å². The SMILES string of the molecule is CN(C(=O)N1CCC(c2ccco2)CC1)c1cc(Cl)ccn1. The van der Waals surface area contributed by atoms with Crippen molar-refractivity contribution in [3.63, 3.8) is 0 Å². The number of amides is 2. The van der Waals surface area contributed by atoms with Gasteiger partial charge in [-0.25, -0.2) is 9.78 Å². The normalized spacial score (nSPS) is 15.8. The van der Waals surface area contributed by atoms with Gasteiger partial charge in [0.1, 0.15) is 11.6 Å². The number of pyridine rings is 1. The summed E-state index contributed by atoms with van der Waals surface area (Å²) in [7, 11) is 1.72. The molecule has 0 N–H and O–H groups in total. The fourth-order valence-corrected chi connectivity index (χ4v) is 2.92. The Hall–Kier alpha value is -2.01. The molecule has 0 radical (unpaired) electrons. The smallest absolute Gasteiger partial charge is 0.325 e. The first-order valence-electron chi connectivity index (χ1n) is 7.33. The Morgan fingerprint density at radius 2 is 2.18 bits per heavy atom. The van der Waals surface area contributed by atoms with Crippen LogP contribution in [-0.4, -0.2) is 36.1 Å². The van der Waals surface area contributed by atoms with Crippen LogP contribution in [0.5, 0.6) is 0 Å². The van der Waals surface area contributed by atoms with E-state index in [1.54, 1.807) is 36.5 Å². The summed E-state index contributed by atoms with van der Waals surface area (Å²) >= 11 is 5.95. The average Bonchev–Trinajstić information content (AvgIpc) is 3.08. The lowest BCUT2D eigenvalue weighted by Crippen LogP contribution is -2.45. The van der Waals surface area contributed by atoms with Crippen molar-refractivity contribution in [2.75, 3.05) is 25.0 Å². The van der Waals surface area contributed by atoms with Crippen molar-refractivity contribution in [3.8, 4) is 0 Å². The predicted octanol–water partition coefficient (Wildman–Crippen LogP) is 3.76. The number of anilines is 1. The molecule has 1 fully saturated rings. The monoisotopic (exact) mass is 319 g/mol. The van der Waals surface area contributed by atoms with E-state index in [0.717, 1.165) is 31.7 Å². The van der Waals surface area contributed by atoms with E-state index < -0.39 is 0 Å². The first-order chi connectivity index (χ1) is 10.6. The summed E-state index contributed by atoms with van der Waals surface area (Å²) in [4.78, 5) is 20.1. The fourth-order valence-electron chi connectivity index (χ4n) is 2.77. The Balaban J connectivity index is 1.62. The number of likely N-dealkylation sites (tertiary alicyclic amines) is 1. The Kier molecular flexibility index (Phi) is 4.34. The average molecular weight is 320 g/mol. The second-order valence-electron chi connectivity index (χ2n) is 5.45. The second kappa shape index (κ2) is 6.40. The van der Waals surface area contributed by atoms with Gasteiger partial charge in [-0.2, -0.15) is 0 Å². The number of rotatable bonds is 2. The lowest BCUT2D eigenvalue weighted by molar-refractivity contribution is 0.185. The molecule has 22 heavy (non-hydrogen) atoms. The molecule has 1 aliphatic heterocycles. The second-order valence-corrected chi connectivity index (χ2v) is 5.89. The van der Waals surface area contributed by atoms with E-state index in [1.807, 2.05) is 17.0 Å². The highest BCUT2D eigenvalue weighted by molar-refractivity contribution is 6.30. The van der Waals surface area contributed by atoms with Gasteiger partial charge in [-0.1, -0.05) is 11.6 Å². The van der Waals surface area contributed by atoms with E-state index in [2.05, 4.69) is 4.98 Å². The van der Waals surface area contributed by atoms with Crippen LogP contribution in [0.15, 0.2) is 41.1 Å². The van der Waals surface area contributed by atoms with Gasteiger partial charge < -0.3 is 9.32 Å². The predicted molar refractivity (Wildman–Crippen MR) is 85.3 cm³/mol. The Morgan fingerprint density at radius 1 is 1.41 bits per heavy atom. The molecular formula is C16H18ClN3O2. The summed E-state index contributed by atoms with van der Waals surface area (Å²) in [6.45, 7) is 1.43. The zero-order chi connectivity index (χ0) is 15.5. The van der Waals surface area contributed by atoms with Crippen molar-refractivity contribution in [2.24, 2.45) is 0 Å². The molecule has 0 atom stereocenters. The third kappa shape index (κ3) is 3.09. The molecule has 3 rings (SSSR count). The van der Waals surface area contributed by atoms with E-state index in [0.29, 0.717) is 16.8 Å². The molecule has 0 saturated carbocycles. The highest BCUT2D eigenvalue weighted by Crippen LogP contribution is 2.29. The topological polar surface area (TPSA) is 49.6 Å². The van der Waals surface area contributed by atoms with E-state index in [4.69, 9.17) is 16.0 Å². The number of piperidine rings is 1. The van der Waals surface area contributed by atoms with E-state index in [1.165, 1.54) is 0 Å². The number of furan rings is 1. The Morgan fingerprint density at radius 3 is 2.82 bits per heavy atom. The van der Waals surface area contributed by atoms with Gasteiger partial charge in [0.05, 0.1) is 6.26 Å². The molecule has 2 aromatic rings. The molecule has 2 amide bonds. The van der Waals surface area contributed by atoms with Gasteiger partial charge in [-0.3, -0.25) is 4.90 Å². The van der Waals surface area contributed by atoms with Crippen molar-refractivity contribution < 1.29 is 9.21 Å². The summed E-state index contributed by atoms with van der Waals surface area (Å²) < 4.78 is 5.46. The Labute approximate surface area is 134 Å². The first-order valence-corrected chi connectivity index (χ1v) is 7.70. The van der Waals surface area contributed by atoms with Gasteiger partial charge in [0, 0.05) is 37.3 Å².